The van der Waals surface area contributed by atoms with Gasteiger partial charge >= 0.3 is 0 Å². The van der Waals surface area contributed by atoms with Crippen LogP contribution >= 0.6 is 11.6 Å². The van der Waals surface area contributed by atoms with Crippen molar-refractivity contribution in [3.63, 3.8) is 0 Å². The molecule has 0 unspecified atom stereocenters. The first-order chi connectivity index (χ1) is 7.54. The Labute approximate surface area is 100 Å². The fourth-order valence-electron chi connectivity index (χ4n) is 1.33. The molecule has 1 amide bonds. The summed E-state index contributed by atoms with van der Waals surface area (Å²) in [7, 11) is 0. The minimum Gasteiger partial charge on any atom is -0.323 e. The number of hydrogen-bond acceptors (Lipinski definition) is 3. The van der Waals surface area contributed by atoms with E-state index in [4.69, 9.17) is 17.3 Å². The van der Waals surface area contributed by atoms with Gasteiger partial charge in [-0.05, 0) is 25.5 Å². The van der Waals surface area contributed by atoms with E-state index < -0.39 is 6.04 Å². The summed E-state index contributed by atoms with van der Waals surface area (Å²) in [6.07, 6.45) is 1.55. The molecule has 0 spiro atoms. The molecular formula is C11H16ClN3O. The Hall–Kier alpha value is -1.13. The van der Waals surface area contributed by atoms with Gasteiger partial charge < -0.3 is 11.1 Å². The number of aryl methyl sites for hydroxylation is 1. The third-order valence-corrected chi connectivity index (χ3v) is 2.46. The van der Waals surface area contributed by atoms with Gasteiger partial charge in [-0.1, -0.05) is 24.9 Å². The molecule has 1 atom stereocenters. The van der Waals surface area contributed by atoms with E-state index in [0.717, 1.165) is 6.42 Å². The highest BCUT2D eigenvalue weighted by Gasteiger charge is 2.13. The number of carbonyl (C=O) groups excluding carboxylic acids is 1. The van der Waals surface area contributed by atoms with E-state index >= 15 is 0 Å². The van der Waals surface area contributed by atoms with Crippen LogP contribution in [0.5, 0.6) is 0 Å². The number of anilines is 1. The number of pyridine rings is 1. The van der Waals surface area contributed by atoms with Crippen LogP contribution in [0.3, 0.4) is 0 Å². The molecule has 0 aliphatic carbocycles. The molecule has 0 aromatic carbocycles. The first kappa shape index (κ1) is 12.9. The summed E-state index contributed by atoms with van der Waals surface area (Å²) >= 11 is 5.72. The van der Waals surface area contributed by atoms with E-state index in [2.05, 4.69) is 10.3 Å². The minimum absolute atomic E-state index is 0.186. The molecule has 5 heteroatoms. The number of nitrogens with two attached hydrogens (primary N) is 1. The molecule has 0 fully saturated rings. The molecule has 0 bridgehead atoms. The van der Waals surface area contributed by atoms with Crippen molar-refractivity contribution in [3.8, 4) is 0 Å². The second-order valence-corrected chi connectivity index (χ2v) is 4.04. The number of aromatic nitrogens is 1. The van der Waals surface area contributed by atoms with Crippen LogP contribution in [0.15, 0.2) is 12.1 Å². The average molecular weight is 242 g/mol. The zero-order chi connectivity index (χ0) is 12.1. The molecule has 0 radical (unpaired) electrons. The summed E-state index contributed by atoms with van der Waals surface area (Å²) in [6, 6.07) is 2.89. The maximum Gasteiger partial charge on any atom is 0.241 e. The largest absolute Gasteiger partial charge is 0.323 e. The van der Waals surface area contributed by atoms with Crippen molar-refractivity contribution in [2.24, 2.45) is 5.73 Å². The van der Waals surface area contributed by atoms with Gasteiger partial charge in [-0.3, -0.25) is 4.79 Å². The van der Waals surface area contributed by atoms with Crippen LogP contribution in [0.4, 0.5) is 5.69 Å². The SMILES string of the molecule is CCC[C@H](N)C(=O)Nc1ccc(Cl)nc1C. The molecule has 0 saturated carbocycles. The topological polar surface area (TPSA) is 68.0 Å². The standard InChI is InChI=1S/C11H16ClN3O/c1-3-4-8(13)11(16)15-9-5-6-10(12)14-7(9)2/h5-6,8H,3-4,13H2,1-2H3,(H,15,16)/t8-/m0/s1. The summed E-state index contributed by atoms with van der Waals surface area (Å²) in [4.78, 5) is 15.7. The van der Waals surface area contributed by atoms with E-state index in [1.54, 1.807) is 19.1 Å². The lowest BCUT2D eigenvalue weighted by Gasteiger charge is -2.12. The zero-order valence-electron chi connectivity index (χ0n) is 9.46. The summed E-state index contributed by atoms with van der Waals surface area (Å²) in [5.41, 5.74) is 7.04. The predicted octanol–water partition coefficient (Wildman–Crippen LogP) is 2.11. The molecule has 1 rings (SSSR count). The summed E-state index contributed by atoms with van der Waals surface area (Å²) in [5, 5.41) is 3.15. The normalized spacial score (nSPS) is 12.2. The van der Waals surface area contributed by atoms with Crippen LogP contribution in [0, 0.1) is 6.92 Å². The van der Waals surface area contributed by atoms with Gasteiger partial charge in [-0.25, -0.2) is 4.98 Å². The van der Waals surface area contributed by atoms with Crippen molar-refractivity contribution in [1.29, 1.82) is 0 Å². The van der Waals surface area contributed by atoms with Crippen molar-refractivity contribution in [2.45, 2.75) is 32.7 Å². The van der Waals surface area contributed by atoms with E-state index in [0.29, 0.717) is 23.0 Å². The number of hydrogen-bond donors (Lipinski definition) is 2. The second-order valence-electron chi connectivity index (χ2n) is 3.65. The fourth-order valence-corrected chi connectivity index (χ4v) is 1.52. The molecule has 88 valence electrons. The first-order valence-electron chi connectivity index (χ1n) is 5.24. The highest BCUT2D eigenvalue weighted by Crippen LogP contribution is 2.15. The van der Waals surface area contributed by atoms with Crippen LogP contribution in [0.25, 0.3) is 0 Å². The molecule has 16 heavy (non-hydrogen) atoms. The van der Waals surface area contributed by atoms with Gasteiger partial charge in [0.05, 0.1) is 17.4 Å². The Balaban J connectivity index is 2.69. The number of halogens is 1. The number of carbonyl (C=O) groups is 1. The number of rotatable bonds is 4. The van der Waals surface area contributed by atoms with Crippen LogP contribution in [-0.4, -0.2) is 16.9 Å². The molecule has 0 aliphatic rings. The first-order valence-corrected chi connectivity index (χ1v) is 5.62. The lowest BCUT2D eigenvalue weighted by molar-refractivity contribution is -0.117. The Kier molecular flexibility index (Phi) is 4.71. The van der Waals surface area contributed by atoms with Gasteiger partial charge in [-0.15, -0.1) is 0 Å². The summed E-state index contributed by atoms with van der Waals surface area (Å²) < 4.78 is 0. The second kappa shape index (κ2) is 5.82. The van der Waals surface area contributed by atoms with Crippen molar-refractivity contribution >= 4 is 23.2 Å². The van der Waals surface area contributed by atoms with Gasteiger partial charge in [0.15, 0.2) is 0 Å². The van der Waals surface area contributed by atoms with Gasteiger partial charge in [0.25, 0.3) is 0 Å². The predicted molar refractivity (Wildman–Crippen MR) is 65.5 cm³/mol. The van der Waals surface area contributed by atoms with E-state index in [9.17, 15) is 4.79 Å². The third kappa shape index (κ3) is 3.47. The quantitative estimate of drug-likeness (QED) is 0.794. The van der Waals surface area contributed by atoms with Crippen molar-refractivity contribution in [1.82, 2.24) is 4.98 Å². The lowest BCUT2D eigenvalue weighted by Crippen LogP contribution is -2.35. The van der Waals surface area contributed by atoms with E-state index in [-0.39, 0.29) is 5.91 Å². The van der Waals surface area contributed by atoms with Gasteiger partial charge in [0, 0.05) is 0 Å². The van der Waals surface area contributed by atoms with Crippen molar-refractivity contribution < 1.29 is 4.79 Å². The highest BCUT2D eigenvalue weighted by molar-refractivity contribution is 6.29. The highest BCUT2D eigenvalue weighted by atomic mass is 35.5. The monoisotopic (exact) mass is 241 g/mol. The maximum absolute atomic E-state index is 11.6. The number of amides is 1. The van der Waals surface area contributed by atoms with E-state index in [1.165, 1.54) is 0 Å². The molecule has 1 aromatic rings. The molecule has 4 nitrogen and oxygen atoms in total. The molecule has 1 heterocycles. The smallest absolute Gasteiger partial charge is 0.241 e. The number of nitrogens with one attached hydrogen (secondary N) is 1. The molecule has 0 saturated heterocycles. The van der Waals surface area contributed by atoms with Gasteiger partial charge in [-0.2, -0.15) is 0 Å². The van der Waals surface area contributed by atoms with Crippen LogP contribution in [-0.2, 0) is 4.79 Å². The van der Waals surface area contributed by atoms with Crippen LogP contribution in [0.2, 0.25) is 5.15 Å². The molecule has 3 N–H and O–H groups in total. The van der Waals surface area contributed by atoms with Gasteiger partial charge in [0.1, 0.15) is 5.15 Å². The summed E-state index contributed by atoms with van der Waals surface area (Å²) in [6.45, 7) is 3.77. The maximum atomic E-state index is 11.6. The van der Waals surface area contributed by atoms with Crippen molar-refractivity contribution in [2.75, 3.05) is 5.32 Å². The third-order valence-electron chi connectivity index (χ3n) is 2.25. The molecular weight excluding hydrogens is 226 g/mol. The van der Waals surface area contributed by atoms with Crippen LogP contribution < -0.4 is 11.1 Å². The Morgan fingerprint density at radius 1 is 1.62 bits per heavy atom. The van der Waals surface area contributed by atoms with Gasteiger partial charge in [0.2, 0.25) is 5.91 Å². The molecule has 1 aromatic heterocycles. The Morgan fingerprint density at radius 2 is 2.31 bits per heavy atom. The summed E-state index contributed by atoms with van der Waals surface area (Å²) in [5.74, 6) is -0.186. The Morgan fingerprint density at radius 3 is 2.88 bits per heavy atom. The fraction of sp³-hybridized carbons (Fsp3) is 0.455. The van der Waals surface area contributed by atoms with E-state index in [1.807, 2.05) is 6.92 Å². The average Bonchev–Trinajstić information content (AvgIpc) is 2.22. The van der Waals surface area contributed by atoms with Crippen molar-refractivity contribution in [3.05, 3.63) is 23.0 Å². The zero-order valence-corrected chi connectivity index (χ0v) is 10.2. The van der Waals surface area contributed by atoms with Crippen LogP contribution in [0.1, 0.15) is 25.5 Å². The lowest BCUT2D eigenvalue weighted by atomic mass is 10.1. The Bertz CT molecular complexity index is 381. The number of nitrogens with zero attached hydrogens (tertiary/aromatic N) is 1. The minimum atomic E-state index is -0.472. The molecule has 0 aliphatic heterocycles.